The number of rotatable bonds is 4. The highest BCUT2D eigenvalue weighted by Gasteiger charge is 2.08. The zero-order valence-electron chi connectivity index (χ0n) is 12.7. The maximum atomic E-state index is 13.7. The molecule has 0 saturated heterocycles. The molecule has 0 saturated carbocycles. The van der Waals surface area contributed by atoms with Crippen molar-refractivity contribution in [2.75, 3.05) is 5.32 Å². The van der Waals surface area contributed by atoms with Gasteiger partial charge in [-0.25, -0.2) is 19.3 Å². The molecule has 4 aromatic rings. The third kappa shape index (κ3) is 3.22. The van der Waals surface area contributed by atoms with Crippen molar-refractivity contribution >= 4 is 34.3 Å². The lowest BCUT2D eigenvalue weighted by molar-refractivity contribution is 0.460. The first-order valence-electron chi connectivity index (χ1n) is 7.35. The number of hydrogen-bond donors (Lipinski definition) is 2. The predicted molar refractivity (Wildman–Crippen MR) is 92.9 cm³/mol. The minimum Gasteiger partial charge on any atom is -0.436 e. The van der Waals surface area contributed by atoms with Crippen LogP contribution in [0.1, 0.15) is 0 Å². The number of halogens is 2. The van der Waals surface area contributed by atoms with Crippen LogP contribution in [0.25, 0.3) is 11.0 Å². The van der Waals surface area contributed by atoms with E-state index in [1.54, 1.807) is 36.4 Å². The molecule has 2 aromatic heterocycles. The van der Waals surface area contributed by atoms with E-state index in [9.17, 15) is 4.39 Å². The average Bonchev–Trinajstić information content (AvgIpc) is 3.03. The van der Waals surface area contributed by atoms with Crippen LogP contribution in [-0.4, -0.2) is 19.9 Å². The summed E-state index contributed by atoms with van der Waals surface area (Å²) < 4.78 is 19.3. The minimum atomic E-state index is -0.369. The fraction of sp³-hybridized carbons (Fsp3) is 0. The molecule has 0 aliphatic rings. The summed E-state index contributed by atoms with van der Waals surface area (Å²) >= 11 is 5.91. The van der Waals surface area contributed by atoms with Crippen molar-refractivity contribution in [3.05, 3.63) is 65.8 Å². The van der Waals surface area contributed by atoms with Crippen LogP contribution in [0.5, 0.6) is 11.6 Å². The average molecular weight is 356 g/mol. The summed E-state index contributed by atoms with van der Waals surface area (Å²) in [5.74, 6) is 0.873. The summed E-state index contributed by atoms with van der Waals surface area (Å²) in [5, 5.41) is 3.27. The molecule has 4 rings (SSSR count). The molecule has 124 valence electrons. The van der Waals surface area contributed by atoms with Crippen LogP contribution in [0, 0.1) is 5.82 Å². The fourth-order valence-corrected chi connectivity index (χ4v) is 2.43. The second-order valence-corrected chi connectivity index (χ2v) is 5.48. The number of ether oxygens (including phenoxy) is 1. The summed E-state index contributed by atoms with van der Waals surface area (Å²) in [6.45, 7) is 0. The molecular weight excluding hydrogens is 345 g/mol. The van der Waals surface area contributed by atoms with Crippen molar-refractivity contribution < 1.29 is 9.13 Å². The van der Waals surface area contributed by atoms with Gasteiger partial charge in [-0.3, -0.25) is 0 Å². The number of aromatic amines is 1. The molecule has 0 fully saturated rings. The fourth-order valence-electron chi connectivity index (χ4n) is 2.29. The second-order valence-electron chi connectivity index (χ2n) is 5.13. The maximum Gasteiger partial charge on any atom is 0.257 e. The zero-order valence-corrected chi connectivity index (χ0v) is 13.5. The van der Waals surface area contributed by atoms with Crippen LogP contribution >= 0.6 is 11.6 Å². The van der Waals surface area contributed by atoms with E-state index in [2.05, 4.69) is 25.3 Å². The molecule has 8 heteroatoms. The second kappa shape index (κ2) is 6.37. The maximum absolute atomic E-state index is 13.7. The normalized spacial score (nSPS) is 10.8. The molecular formula is C17H11ClFN5O. The van der Waals surface area contributed by atoms with E-state index in [0.29, 0.717) is 22.7 Å². The highest BCUT2D eigenvalue weighted by atomic mass is 35.5. The van der Waals surface area contributed by atoms with Gasteiger partial charge < -0.3 is 15.0 Å². The predicted octanol–water partition coefficient (Wildman–Crippen LogP) is 4.68. The lowest BCUT2D eigenvalue weighted by Crippen LogP contribution is -1.93. The Balaban J connectivity index is 1.52. The molecule has 25 heavy (non-hydrogen) atoms. The van der Waals surface area contributed by atoms with Crippen molar-refractivity contribution in [3.8, 4) is 11.6 Å². The van der Waals surface area contributed by atoms with E-state index in [-0.39, 0.29) is 16.9 Å². The van der Waals surface area contributed by atoms with Gasteiger partial charge in [0.1, 0.15) is 11.3 Å². The molecule has 0 bridgehead atoms. The lowest BCUT2D eigenvalue weighted by Gasteiger charge is -2.07. The van der Waals surface area contributed by atoms with E-state index in [0.717, 1.165) is 5.69 Å². The Morgan fingerprint density at radius 2 is 1.84 bits per heavy atom. The lowest BCUT2D eigenvalue weighted by atomic mass is 10.3. The van der Waals surface area contributed by atoms with Gasteiger partial charge in [-0.2, -0.15) is 0 Å². The Kier molecular flexibility index (Phi) is 3.91. The molecule has 0 aliphatic carbocycles. The third-order valence-electron chi connectivity index (χ3n) is 3.42. The molecule has 2 aromatic carbocycles. The number of H-pyrrole nitrogens is 1. The van der Waals surface area contributed by atoms with Crippen molar-refractivity contribution in [1.29, 1.82) is 0 Å². The topological polar surface area (TPSA) is 75.7 Å². The standard InChI is InChI=1S/C17H11ClFN5O/c18-15-16(21-9-8-20-15)25-11-6-4-10(5-7-11)22-17-23-13-3-1-2-12(19)14(13)24-17/h1-9H,(H2,22,23,24). The SMILES string of the molecule is Fc1cccc2[nH]c(Nc3ccc(Oc4nccnc4Cl)cc3)nc12. The number of imidazole rings is 1. The van der Waals surface area contributed by atoms with Crippen molar-refractivity contribution in [3.63, 3.8) is 0 Å². The summed E-state index contributed by atoms with van der Waals surface area (Å²) in [7, 11) is 0. The number of nitrogens with zero attached hydrogens (tertiary/aromatic N) is 3. The minimum absolute atomic E-state index is 0.189. The first-order valence-corrected chi connectivity index (χ1v) is 7.72. The van der Waals surface area contributed by atoms with Gasteiger partial charge in [0.25, 0.3) is 5.88 Å². The number of fused-ring (bicyclic) bond motifs is 1. The molecule has 0 atom stereocenters. The quantitative estimate of drug-likeness (QED) is 0.556. The first-order chi connectivity index (χ1) is 12.2. The van der Waals surface area contributed by atoms with Gasteiger partial charge in [0.15, 0.2) is 11.0 Å². The van der Waals surface area contributed by atoms with Gasteiger partial charge >= 0.3 is 0 Å². The highest BCUT2D eigenvalue weighted by molar-refractivity contribution is 6.30. The van der Waals surface area contributed by atoms with Gasteiger partial charge in [-0.05, 0) is 36.4 Å². The number of anilines is 2. The van der Waals surface area contributed by atoms with E-state index in [4.69, 9.17) is 16.3 Å². The number of para-hydroxylation sites is 1. The van der Waals surface area contributed by atoms with Gasteiger partial charge in [-0.15, -0.1) is 0 Å². The Labute approximate surface area is 146 Å². The Morgan fingerprint density at radius 3 is 2.60 bits per heavy atom. The van der Waals surface area contributed by atoms with Gasteiger partial charge in [0.05, 0.1) is 5.52 Å². The van der Waals surface area contributed by atoms with Crippen LogP contribution in [-0.2, 0) is 0 Å². The number of nitrogens with one attached hydrogen (secondary N) is 2. The van der Waals surface area contributed by atoms with Crippen LogP contribution in [0.3, 0.4) is 0 Å². The van der Waals surface area contributed by atoms with E-state index in [1.165, 1.54) is 18.5 Å². The molecule has 6 nitrogen and oxygen atoms in total. The van der Waals surface area contributed by atoms with E-state index in [1.807, 2.05) is 0 Å². The molecule has 0 aliphatic heterocycles. The third-order valence-corrected chi connectivity index (χ3v) is 3.68. The summed E-state index contributed by atoms with van der Waals surface area (Å²) in [6, 6.07) is 11.8. The van der Waals surface area contributed by atoms with Gasteiger partial charge in [-0.1, -0.05) is 17.7 Å². The van der Waals surface area contributed by atoms with Crippen LogP contribution in [0.15, 0.2) is 54.9 Å². The monoisotopic (exact) mass is 355 g/mol. The smallest absolute Gasteiger partial charge is 0.257 e. The van der Waals surface area contributed by atoms with Crippen LogP contribution in [0.4, 0.5) is 16.0 Å². The first kappa shape index (κ1) is 15.3. The number of benzene rings is 2. The molecule has 0 unspecified atom stereocenters. The molecule has 0 amide bonds. The van der Waals surface area contributed by atoms with E-state index >= 15 is 0 Å². The molecule has 0 spiro atoms. The van der Waals surface area contributed by atoms with Crippen molar-refractivity contribution in [1.82, 2.24) is 19.9 Å². The molecule has 2 heterocycles. The van der Waals surface area contributed by atoms with Crippen LogP contribution in [0.2, 0.25) is 5.15 Å². The Bertz CT molecular complexity index is 1030. The number of aromatic nitrogens is 4. The number of hydrogen-bond acceptors (Lipinski definition) is 5. The van der Waals surface area contributed by atoms with Gasteiger partial charge in [0, 0.05) is 18.1 Å². The zero-order chi connectivity index (χ0) is 17.2. The molecule has 2 N–H and O–H groups in total. The Morgan fingerprint density at radius 1 is 1.04 bits per heavy atom. The summed E-state index contributed by atoms with van der Waals surface area (Å²) in [4.78, 5) is 15.1. The van der Waals surface area contributed by atoms with Crippen LogP contribution < -0.4 is 10.1 Å². The highest BCUT2D eigenvalue weighted by Crippen LogP contribution is 2.27. The van der Waals surface area contributed by atoms with Gasteiger partial charge in [0.2, 0.25) is 5.95 Å². The van der Waals surface area contributed by atoms with Crippen molar-refractivity contribution in [2.24, 2.45) is 0 Å². The Hall–Kier alpha value is -3.19. The largest absolute Gasteiger partial charge is 0.436 e. The molecule has 0 radical (unpaired) electrons. The van der Waals surface area contributed by atoms with E-state index < -0.39 is 0 Å². The van der Waals surface area contributed by atoms with Crippen molar-refractivity contribution in [2.45, 2.75) is 0 Å². The summed E-state index contributed by atoms with van der Waals surface area (Å²) in [6.07, 6.45) is 2.98. The summed E-state index contributed by atoms with van der Waals surface area (Å²) in [5.41, 5.74) is 1.68.